The number of fused-ring (bicyclic) bond motifs is 1. The van der Waals surface area contributed by atoms with Gasteiger partial charge in [-0.05, 0) is 68.1 Å². The first-order valence-electron chi connectivity index (χ1n) is 12.3. The zero-order valence-electron chi connectivity index (χ0n) is 19.8. The van der Waals surface area contributed by atoms with Gasteiger partial charge >= 0.3 is 6.18 Å². The van der Waals surface area contributed by atoms with Crippen molar-refractivity contribution < 1.29 is 27.5 Å². The van der Waals surface area contributed by atoms with Gasteiger partial charge in [0.05, 0.1) is 17.8 Å². The molecule has 192 valence electrons. The summed E-state index contributed by atoms with van der Waals surface area (Å²) in [5.41, 5.74) is 5.05. The van der Waals surface area contributed by atoms with Gasteiger partial charge in [-0.3, -0.25) is 14.3 Å². The van der Waals surface area contributed by atoms with E-state index in [0.29, 0.717) is 43.5 Å². The van der Waals surface area contributed by atoms with Gasteiger partial charge in [-0.1, -0.05) is 0 Å². The van der Waals surface area contributed by atoms with E-state index in [1.807, 2.05) is 0 Å². The lowest BCUT2D eigenvalue weighted by Crippen LogP contribution is -2.62. The highest BCUT2D eigenvalue weighted by molar-refractivity contribution is 5.94. The number of aryl methyl sites for hydroxylation is 1. The Morgan fingerprint density at radius 3 is 2.56 bits per heavy atom. The molecule has 1 aromatic heterocycles. The average molecular weight is 504 g/mol. The SMILES string of the molecule is Cn1nc(C(=O)NC2C3CC4CC2CC(C(N)=O)(C4)C3)cc1N1CCOc2ccc(C(F)(F)F)cc21. The van der Waals surface area contributed by atoms with Crippen molar-refractivity contribution in [3.63, 3.8) is 0 Å². The number of rotatable bonds is 4. The second-order valence-electron chi connectivity index (χ2n) is 10.8. The molecule has 1 aromatic carbocycles. The molecular formula is C25H28F3N5O3. The van der Waals surface area contributed by atoms with Crippen LogP contribution in [0.25, 0.3) is 0 Å². The number of nitrogens with one attached hydrogen (secondary N) is 1. The minimum atomic E-state index is -4.48. The van der Waals surface area contributed by atoms with Gasteiger partial charge in [0.1, 0.15) is 18.2 Å². The van der Waals surface area contributed by atoms with Crippen molar-refractivity contribution in [1.82, 2.24) is 15.1 Å². The highest BCUT2D eigenvalue weighted by Gasteiger charge is 2.58. The van der Waals surface area contributed by atoms with E-state index in [9.17, 15) is 22.8 Å². The summed E-state index contributed by atoms with van der Waals surface area (Å²) in [6.07, 6.45) is -0.246. The Balaban J connectivity index is 1.24. The first-order valence-corrected chi connectivity index (χ1v) is 12.3. The number of halogens is 3. The summed E-state index contributed by atoms with van der Waals surface area (Å²) in [4.78, 5) is 27.2. The van der Waals surface area contributed by atoms with E-state index in [2.05, 4.69) is 10.4 Å². The number of aromatic nitrogens is 2. The van der Waals surface area contributed by atoms with Crippen LogP contribution in [0.3, 0.4) is 0 Å². The fourth-order valence-electron chi connectivity index (χ4n) is 7.24. The van der Waals surface area contributed by atoms with E-state index in [-0.39, 0.29) is 41.1 Å². The number of hydrogen-bond donors (Lipinski definition) is 2. The molecule has 2 aromatic rings. The molecule has 4 aliphatic carbocycles. The third-order valence-electron chi connectivity index (χ3n) is 8.61. The highest BCUT2D eigenvalue weighted by Crippen LogP contribution is 2.60. The zero-order chi connectivity index (χ0) is 25.4. The van der Waals surface area contributed by atoms with Crippen LogP contribution >= 0.6 is 0 Å². The first-order chi connectivity index (χ1) is 17.0. The van der Waals surface area contributed by atoms with Crippen LogP contribution in [-0.4, -0.2) is 40.8 Å². The Morgan fingerprint density at radius 2 is 1.89 bits per heavy atom. The number of nitrogens with zero attached hydrogens (tertiary/aromatic N) is 3. The number of carbonyl (C=O) groups excluding carboxylic acids is 2. The molecule has 3 N–H and O–H groups in total. The van der Waals surface area contributed by atoms with Crippen LogP contribution in [0.4, 0.5) is 24.7 Å². The number of nitrogens with two attached hydrogens (primary N) is 1. The lowest BCUT2D eigenvalue weighted by atomic mass is 9.47. The monoisotopic (exact) mass is 503 g/mol. The smallest absolute Gasteiger partial charge is 0.416 e. The molecule has 2 atom stereocenters. The van der Waals surface area contributed by atoms with E-state index in [1.165, 1.54) is 10.7 Å². The van der Waals surface area contributed by atoms with Gasteiger partial charge < -0.3 is 20.7 Å². The molecule has 2 heterocycles. The molecule has 1 aliphatic heterocycles. The van der Waals surface area contributed by atoms with Crippen LogP contribution in [0, 0.1) is 23.2 Å². The fourth-order valence-corrected chi connectivity index (χ4v) is 7.24. The van der Waals surface area contributed by atoms with Gasteiger partial charge in [0.25, 0.3) is 5.91 Å². The summed E-state index contributed by atoms with van der Waals surface area (Å²) in [6.45, 7) is 0.609. The van der Waals surface area contributed by atoms with Gasteiger partial charge in [-0.2, -0.15) is 18.3 Å². The summed E-state index contributed by atoms with van der Waals surface area (Å²) >= 11 is 0. The lowest BCUT2D eigenvalue weighted by molar-refractivity contribution is -0.145. The number of amides is 2. The molecule has 36 heavy (non-hydrogen) atoms. The molecule has 0 saturated heterocycles. The van der Waals surface area contributed by atoms with Crippen LogP contribution in [-0.2, 0) is 18.0 Å². The zero-order valence-corrected chi connectivity index (χ0v) is 19.8. The van der Waals surface area contributed by atoms with Crippen molar-refractivity contribution in [3.05, 3.63) is 35.5 Å². The number of alkyl halides is 3. The van der Waals surface area contributed by atoms with Crippen LogP contribution in [0.2, 0.25) is 0 Å². The maximum Gasteiger partial charge on any atom is 0.416 e. The number of primary amides is 1. The second kappa shape index (κ2) is 7.88. The molecule has 4 saturated carbocycles. The number of ether oxygens (including phenoxy) is 1. The van der Waals surface area contributed by atoms with Crippen LogP contribution in [0.15, 0.2) is 24.3 Å². The van der Waals surface area contributed by atoms with Crippen molar-refractivity contribution in [1.29, 1.82) is 0 Å². The molecule has 5 aliphatic rings. The number of carbonyl (C=O) groups is 2. The quantitative estimate of drug-likeness (QED) is 0.666. The Kier molecular flexibility index (Phi) is 5.07. The standard InChI is InChI=1S/C25H28F3N5O3/c1-32-20(33-4-5-36-19-3-2-16(8-18(19)33)25(26,27)28)9-17(31-32)22(34)30-21-14-6-13-7-15(21)12-24(10-13,11-14)23(29)35/h2-3,8-9,13-15,21H,4-7,10-12H2,1H3,(H2,29,35)(H,30,34). The largest absolute Gasteiger partial charge is 0.490 e. The molecule has 8 nitrogen and oxygen atoms in total. The Bertz CT molecular complexity index is 1230. The third-order valence-corrected chi connectivity index (χ3v) is 8.61. The molecule has 4 bridgehead atoms. The Hall–Kier alpha value is -3.24. The van der Waals surface area contributed by atoms with E-state index < -0.39 is 17.2 Å². The van der Waals surface area contributed by atoms with Gasteiger partial charge in [0.15, 0.2) is 5.69 Å². The normalized spacial score (nSPS) is 30.6. The highest BCUT2D eigenvalue weighted by atomic mass is 19.4. The van der Waals surface area contributed by atoms with Crippen molar-refractivity contribution >= 4 is 23.3 Å². The van der Waals surface area contributed by atoms with Gasteiger partial charge in [0, 0.05) is 24.6 Å². The molecular weight excluding hydrogens is 475 g/mol. The predicted molar refractivity (Wildman–Crippen MR) is 124 cm³/mol. The summed E-state index contributed by atoms with van der Waals surface area (Å²) in [7, 11) is 1.66. The predicted octanol–water partition coefficient (Wildman–Crippen LogP) is 3.38. The minimum Gasteiger partial charge on any atom is -0.490 e. The minimum absolute atomic E-state index is 0.0366. The molecule has 4 fully saturated rings. The topological polar surface area (TPSA) is 102 Å². The Morgan fingerprint density at radius 1 is 1.17 bits per heavy atom. The first kappa shape index (κ1) is 23.2. The van der Waals surface area contributed by atoms with E-state index in [4.69, 9.17) is 10.5 Å². The molecule has 0 spiro atoms. The van der Waals surface area contributed by atoms with E-state index in [1.54, 1.807) is 18.0 Å². The summed E-state index contributed by atoms with van der Waals surface area (Å²) < 4.78 is 47.1. The summed E-state index contributed by atoms with van der Waals surface area (Å²) in [5.74, 6) is 1.21. The average Bonchev–Trinajstić information content (AvgIpc) is 3.21. The maximum atomic E-state index is 13.3. The maximum absolute atomic E-state index is 13.3. The molecule has 7 rings (SSSR count). The lowest BCUT2D eigenvalue weighted by Gasteiger charge is -2.58. The van der Waals surface area contributed by atoms with Crippen molar-refractivity contribution in [2.75, 3.05) is 18.1 Å². The fraction of sp³-hybridized carbons (Fsp3) is 0.560. The van der Waals surface area contributed by atoms with Crippen LogP contribution in [0.1, 0.15) is 48.2 Å². The Labute approximate surface area is 205 Å². The summed E-state index contributed by atoms with van der Waals surface area (Å²) in [6, 6.07) is 4.94. The second-order valence-corrected chi connectivity index (χ2v) is 10.8. The van der Waals surface area contributed by atoms with Crippen molar-refractivity contribution in [2.45, 2.75) is 44.3 Å². The van der Waals surface area contributed by atoms with Gasteiger partial charge in [0.2, 0.25) is 5.91 Å². The molecule has 0 radical (unpaired) electrons. The molecule has 2 unspecified atom stereocenters. The molecule has 2 amide bonds. The van der Waals surface area contributed by atoms with Crippen LogP contribution in [0.5, 0.6) is 5.75 Å². The number of anilines is 2. The third kappa shape index (κ3) is 3.62. The van der Waals surface area contributed by atoms with Gasteiger partial charge in [-0.25, -0.2) is 0 Å². The summed E-state index contributed by atoms with van der Waals surface area (Å²) in [5, 5.41) is 7.55. The van der Waals surface area contributed by atoms with Crippen LogP contribution < -0.4 is 20.7 Å². The number of benzene rings is 1. The van der Waals surface area contributed by atoms with Gasteiger partial charge in [-0.15, -0.1) is 0 Å². The van der Waals surface area contributed by atoms with E-state index >= 15 is 0 Å². The van der Waals surface area contributed by atoms with Crippen molar-refractivity contribution in [3.8, 4) is 5.75 Å². The number of hydrogen-bond acceptors (Lipinski definition) is 5. The van der Waals surface area contributed by atoms with Crippen molar-refractivity contribution in [2.24, 2.45) is 36.0 Å². The van der Waals surface area contributed by atoms with E-state index in [0.717, 1.165) is 31.4 Å². The molecule has 11 heteroatoms.